The second-order valence-electron chi connectivity index (χ2n) is 3.75. The molecule has 2 aromatic heterocycles. The summed E-state index contributed by atoms with van der Waals surface area (Å²) >= 11 is 3.01. The van der Waals surface area contributed by atoms with E-state index in [1.165, 1.54) is 17.1 Å². The molecule has 0 saturated heterocycles. The Morgan fingerprint density at radius 1 is 1.50 bits per heavy atom. The zero-order valence-corrected chi connectivity index (χ0v) is 12.1. The fraction of sp³-hybridized carbons (Fsp3) is 0.333. The molecule has 2 heterocycles. The van der Waals surface area contributed by atoms with E-state index < -0.39 is 0 Å². The fourth-order valence-corrected chi connectivity index (χ4v) is 3.26. The van der Waals surface area contributed by atoms with Crippen LogP contribution in [0.1, 0.15) is 18.2 Å². The average molecular weight is 280 g/mol. The van der Waals surface area contributed by atoms with Crippen molar-refractivity contribution in [2.75, 3.05) is 17.3 Å². The third-order valence-corrected chi connectivity index (χ3v) is 4.43. The van der Waals surface area contributed by atoms with Crippen LogP contribution in [0.2, 0.25) is 0 Å². The van der Waals surface area contributed by atoms with Crippen LogP contribution in [-0.4, -0.2) is 15.6 Å². The Kier molecular flexibility index (Phi) is 4.43. The highest BCUT2D eigenvalue weighted by Gasteiger charge is 2.10. The highest BCUT2D eigenvalue weighted by Crippen LogP contribution is 2.34. The Morgan fingerprint density at radius 3 is 3.06 bits per heavy atom. The highest BCUT2D eigenvalue weighted by atomic mass is 32.2. The van der Waals surface area contributed by atoms with Crippen LogP contribution < -0.4 is 11.1 Å². The van der Waals surface area contributed by atoms with Crippen molar-refractivity contribution in [1.29, 1.82) is 0 Å². The molecule has 0 bridgehead atoms. The van der Waals surface area contributed by atoms with Crippen LogP contribution in [0.3, 0.4) is 0 Å². The molecule has 0 atom stereocenters. The first-order valence-electron chi connectivity index (χ1n) is 5.72. The molecular formula is C12H16N4S2. The molecule has 0 amide bonds. The van der Waals surface area contributed by atoms with Crippen molar-refractivity contribution >= 4 is 34.1 Å². The summed E-state index contributed by atoms with van der Waals surface area (Å²) in [7, 11) is 0. The minimum Gasteiger partial charge on any atom is -0.382 e. The number of nitrogen functional groups attached to an aromatic ring is 1. The summed E-state index contributed by atoms with van der Waals surface area (Å²) in [6.45, 7) is 2.84. The summed E-state index contributed by atoms with van der Waals surface area (Å²) in [5.74, 6) is 0.603. The smallest absolute Gasteiger partial charge is 0.153 e. The van der Waals surface area contributed by atoms with Crippen LogP contribution in [0.15, 0.2) is 23.2 Å². The van der Waals surface area contributed by atoms with E-state index in [0.717, 1.165) is 22.0 Å². The van der Waals surface area contributed by atoms with Gasteiger partial charge in [-0.05, 0) is 35.8 Å². The summed E-state index contributed by atoms with van der Waals surface area (Å²) < 4.78 is 4.16. The van der Waals surface area contributed by atoms with Gasteiger partial charge in [-0.1, -0.05) is 13.0 Å². The molecule has 0 aromatic carbocycles. The fourth-order valence-electron chi connectivity index (χ4n) is 1.72. The van der Waals surface area contributed by atoms with Gasteiger partial charge in [-0.3, -0.25) is 4.98 Å². The number of rotatable bonds is 5. The number of aromatic nitrogens is 2. The molecule has 0 unspecified atom stereocenters. The molecule has 3 N–H and O–H groups in total. The third-order valence-electron chi connectivity index (χ3n) is 2.66. The quantitative estimate of drug-likeness (QED) is 0.824. The molecule has 0 spiro atoms. The minimum atomic E-state index is 0.603. The maximum Gasteiger partial charge on any atom is 0.153 e. The van der Waals surface area contributed by atoms with Crippen LogP contribution in [-0.2, 0) is 13.0 Å². The SMILES string of the molecule is CCc1cccnc1CNc1snc(N)c1SC. The van der Waals surface area contributed by atoms with Gasteiger partial charge in [0.25, 0.3) is 0 Å². The van der Waals surface area contributed by atoms with Crippen LogP contribution in [0.25, 0.3) is 0 Å². The Hall–Kier alpha value is -1.27. The molecular weight excluding hydrogens is 264 g/mol. The zero-order chi connectivity index (χ0) is 13.0. The van der Waals surface area contributed by atoms with E-state index in [-0.39, 0.29) is 0 Å². The third kappa shape index (κ3) is 2.76. The summed E-state index contributed by atoms with van der Waals surface area (Å²) in [6.07, 6.45) is 4.82. The monoisotopic (exact) mass is 280 g/mol. The second-order valence-corrected chi connectivity index (χ2v) is 5.34. The van der Waals surface area contributed by atoms with Crippen LogP contribution in [0.5, 0.6) is 0 Å². The highest BCUT2D eigenvalue weighted by molar-refractivity contribution is 7.99. The summed E-state index contributed by atoms with van der Waals surface area (Å²) in [5.41, 5.74) is 8.15. The first-order chi connectivity index (χ1) is 8.76. The van der Waals surface area contributed by atoms with Crippen molar-refractivity contribution < 1.29 is 0 Å². The zero-order valence-electron chi connectivity index (χ0n) is 10.4. The largest absolute Gasteiger partial charge is 0.382 e. The molecule has 0 aliphatic heterocycles. The van der Waals surface area contributed by atoms with E-state index in [2.05, 4.69) is 27.7 Å². The number of aryl methyl sites for hydroxylation is 1. The molecule has 96 valence electrons. The van der Waals surface area contributed by atoms with Crippen molar-refractivity contribution in [2.24, 2.45) is 0 Å². The van der Waals surface area contributed by atoms with Crippen LogP contribution >= 0.6 is 23.3 Å². The Morgan fingerprint density at radius 2 is 2.33 bits per heavy atom. The van der Waals surface area contributed by atoms with Gasteiger partial charge >= 0.3 is 0 Å². The van der Waals surface area contributed by atoms with Crippen molar-refractivity contribution in [2.45, 2.75) is 24.8 Å². The van der Waals surface area contributed by atoms with E-state index in [1.807, 2.05) is 18.5 Å². The van der Waals surface area contributed by atoms with Crippen molar-refractivity contribution in [3.63, 3.8) is 0 Å². The van der Waals surface area contributed by atoms with Crippen molar-refractivity contribution in [3.8, 4) is 0 Å². The number of hydrogen-bond acceptors (Lipinski definition) is 6. The van der Waals surface area contributed by atoms with Crippen LogP contribution in [0.4, 0.5) is 10.8 Å². The number of pyridine rings is 1. The molecule has 0 aliphatic rings. The normalized spacial score (nSPS) is 10.6. The second kappa shape index (κ2) is 6.06. The van der Waals surface area contributed by atoms with Gasteiger partial charge in [0.05, 0.1) is 17.1 Å². The lowest BCUT2D eigenvalue weighted by molar-refractivity contribution is 0.972. The van der Waals surface area contributed by atoms with E-state index in [4.69, 9.17) is 5.73 Å². The Bertz CT molecular complexity index is 525. The molecule has 0 fully saturated rings. The number of nitrogens with two attached hydrogens (primary N) is 1. The standard InChI is InChI=1S/C12H16N4S2/c1-3-8-5-4-6-14-9(8)7-15-12-10(17-2)11(13)16-18-12/h4-6,15H,3,7H2,1-2H3,(H2,13,16). The molecule has 18 heavy (non-hydrogen) atoms. The number of nitrogens with one attached hydrogen (secondary N) is 1. The number of hydrogen-bond donors (Lipinski definition) is 2. The van der Waals surface area contributed by atoms with E-state index >= 15 is 0 Å². The van der Waals surface area contributed by atoms with Gasteiger partial charge in [-0.2, -0.15) is 4.37 Å². The predicted molar refractivity (Wildman–Crippen MR) is 79.2 cm³/mol. The first-order valence-corrected chi connectivity index (χ1v) is 7.71. The molecule has 2 rings (SSSR count). The lowest BCUT2D eigenvalue weighted by atomic mass is 10.1. The summed E-state index contributed by atoms with van der Waals surface area (Å²) in [6, 6.07) is 4.08. The van der Waals surface area contributed by atoms with Gasteiger partial charge in [0.1, 0.15) is 5.00 Å². The predicted octanol–water partition coefficient (Wildman–Crippen LogP) is 3.02. The topological polar surface area (TPSA) is 63.8 Å². The molecule has 4 nitrogen and oxygen atoms in total. The number of thioether (sulfide) groups is 1. The number of nitrogens with zero attached hydrogens (tertiary/aromatic N) is 2. The van der Waals surface area contributed by atoms with Gasteiger partial charge in [0.2, 0.25) is 0 Å². The lowest BCUT2D eigenvalue weighted by Crippen LogP contribution is -2.04. The van der Waals surface area contributed by atoms with E-state index in [9.17, 15) is 0 Å². The molecule has 6 heteroatoms. The summed E-state index contributed by atoms with van der Waals surface area (Å²) in [4.78, 5) is 5.43. The van der Waals surface area contributed by atoms with Crippen LogP contribution in [0, 0.1) is 0 Å². The average Bonchev–Trinajstić information content (AvgIpc) is 2.77. The Balaban J connectivity index is 2.11. The molecule has 2 aromatic rings. The molecule has 0 radical (unpaired) electrons. The van der Waals surface area contributed by atoms with E-state index in [1.54, 1.807) is 11.8 Å². The summed E-state index contributed by atoms with van der Waals surface area (Å²) in [5, 5.41) is 4.39. The molecule has 0 saturated carbocycles. The van der Waals surface area contributed by atoms with Crippen molar-refractivity contribution in [1.82, 2.24) is 9.36 Å². The van der Waals surface area contributed by atoms with Gasteiger partial charge in [-0.15, -0.1) is 11.8 Å². The van der Waals surface area contributed by atoms with Crippen molar-refractivity contribution in [3.05, 3.63) is 29.6 Å². The van der Waals surface area contributed by atoms with Gasteiger partial charge < -0.3 is 11.1 Å². The van der Waals surface area contributed by atoms with Gasteiger partial charge in [0, 0.05) is 6.20 Å². The van der Waals surface area contributed by atoms with E-state index in [0.29, 0.717) is 12.4 Å². The van der Waals surface area contributed by atoms with Gasteiger partial charge in [-0.25, -0.2) is 0 Å². The Labute approximate surface area is 115 Å². The molecule has 0 aliphatic carbocycles. The minimum absolute atomic E-state index is 0.603. The maximum atomic E-state index is 5.80. The lowest BCUT2D eigenvalue weighted by Gasteiger charge is -2.08. The number of anilines is 2. The van der Waals surface area contributed by atoms with Gasteiger partial charge in [0.15, 0.2) is 5.82 Å². The first kappa shape index (κ1) is 13.2. The maximum absolute atomic E-state index is 5.80.